The Morgan fingerprint density at radius 3 is 2.37 bits per heavy atom. The van der Waals surface area contributed by atoms with Gasteiger partial charge in [0.15, 0.2) is 0 Å². The Morgan fingerprint density at radius 2 is 1.95 bits per heavy atom. The molecule has 0 heterocycles. The maximum atomic E-state index is 12.1. The second-order valence-electron chi connectivity index (χ2n) is 4.76. The minimum absolute atomic E-state index is 0.151. The largest absolute Gasteiger partial charge is 0.435 e. The molecule has 3 nitrogen and oxygen atoms in total. The molecule has 1 aromatic carbocycles. The van der Waals surface area contributed by atoms with E-state index in [0.717, 1.165) is 12.1 Å². The number of nitrogens with two attached hydrogens (primary N) is 1. The zero-order valence-corrected chi connectivity index (χ0v) is 11.1. The highest BCUT2D eigenvalue weighted by molar-refractivity contribution is 5.29. The third kappa shape index (κ3) is 3.64. The van der Waals surface area contributed by atoms with Gasteiger partial charge in [-0.3, -0.25) is 4.90 Å². The molecule has 0 radical (unpaired) electrons. The molecule has 0 aromatic heterocycles. The monoisotopic (exact) mass is 270 g/mol. The zero-order valence-electron chi connectivity index (χ0n) is 11.1. The van der Waals surface area contributed by atoms with Gasteiger partial charge in [-0.25, -0.2) is 0 Å². The van der Waals surface area contributed by atoms with Gasteiger partial charge in [0.05, 0.1) is 0 Å². The van der Waals surface area contributed by atoms with E-state index >= 15 is 0 Å². The summed E-state index contributed by atoms with van der Waals surface area (Å²) in [4.78, 5) is 2.38. The molecular weight excluding hydrogens is 250 g/mol. The summed E-state index contributed by atoms with van der Waals surface area (Å²) in [6.07, 6.45) is 2.44. The molecule has 1 fully saturated rings. The molecule has 1 aromatic rings. The lowest BCUT2D eigenvalue weighted by molar-refractivity contribution is -0.0498. The molecule has 1 aliphatic rings. The van der Waals surface area contributed by atoms with Crippen LogP contribution in [0.2, 0.25) is 0 Å². The number of alkyl halides is 2. The normalized spacial score (nSPS) is 16.9. The molecule has 106 valence electrons. The smallest absolute Gasteiger partial charge is 0.387 e. The van der Waals surface area contributed by atoms with Crippen molar-refractivity contribution in [2.24, 2.45) is 5.73 Å². The molecule has 0 aliphatic heterocycles. The number of nitrogens with zero attached hydrogens (tertiary/aromatic N) is 1. The fourth-order valence-electron chi connectivity index (χ4n) is 2.47. The third-order valence-electron chi connectivity index (χ3n) is 3.49. The van der Waals surface area contributed by atoms with Gasteiger partial charge in [-0.05, 0) is 37.1 Å². The summed E-state index contributed by atoms with van der Waals surface area (Å²) in [5.74, 6) is 0.184. The fraction of sp³-hybridized carbons (Fsp3) is 0.571. The summed E-state index contributed by atoms with van der Waals surface area (Å²) >= 11 is 0. The van der Waals surface area contributed by atoms with Gasteiger partial charge < -0.3 is 10.5 Å². The SMILES string of the molecule is CCN(C1CC1)C(CN)c1ccc(OC(F)F)cc1. The highest BCUT2D eigenvalue weighted by Gasteiger charge is 2.32. The quantitative estimate of drug-likeness (QED) is 0.828. The van der Waals surface area contributed by atoms with Crippen molar-refractivity contribution in [3.63, 3.8) is 0 Å². The van der Waals surface area contributed by atoms with E-state index in [4.69, 9.17) is 5.73 Å². The van der Waals surface area contributed by atoms with Gasteiger partial charge in [-0.15, -0.1) is 0 Å². The number of hydrogen-bond acceptors (Lipinski definition) is 3. The van der Waals surface area contributed by atoms with Crippen LogP contribution in [-0.2, 0) is 0 Å². The Balaban J connectivity index is 2.09. The first-order valence-electron chi connectivity index (χ1n) is 6.66. The Kier molecular flexibility index (Phi) is 4.71. The first-order chi connectivity index (χ1) is 9.15. The first-order valence-corrected chi connectivity index (χ1v) is 6.66. The molecular formula is C14H20F2N2O. The number of ether oxygens (including phenoxy) is 1. The van der Waals surface area contributed by atoms with Crippen LogP contribution in [0.3, 0.4) is 0 Å². The van der Waals surface area contributed by atoms with Crippen molar-refractivity contribution in [2.45, 2.75) is 38.5 Å². The van der Waals surface area contributed by atoms with E-state index in [2.05, 4.69) is 16.6 Å². The summed E-state index contributed by atoms with van der Waals surface area (Å²) < 4.78 is 28.5. The van der Waals surface area contributed by atoms with Crippen molar-refractivity contribution in [3.8, 4) is 5.75 Å². The first kappa shape index (κ1) is 14.2. The number of rotatable bonds is 7. The summed E-state index contributed by atoms with van der Waals surface area (Å²) in [6, 6.07) is 7.56. The number of likely N-dealkylation sites (N-methyl/N-ethyl adjacent to an activating group) is 1. The van der Waals surface area contributed by atoms with Crippen LogP contribution in [0.5, 0.6) is 5.75 Å². The second-order valence-corrected chi connectivity index (χ2v) is 4.76. The van der Waals surface area contributed by atoms with Crippen molar-refractivity contribution in [3.05, 3.63) is 29.8 Å². The Bertz CT molecular complexity index is 393. The number of hydrogen-bond donors (Lipinski definition) is 1. The van der Waals surface area contributed by atoms with Crippen LogP contribution in [0, 0.1) is 0 Å². The fourth-order valence-corrected chi connectivity index (χ4v) is 2.47. The van der Waals surface area contributed by atoms with Crippen molar-refractivity contribution in [1.82, 2.24) is 4.90 Å². The van der Waals surface area contributed by atoms with Gasteiger partial charge >= 0.3 is 6.61 Å². The molecule has 0 saturated heterocycles. The minimum Gasteiger partial charge on any atom is -0.435 e. The molecule has 1 aliphatic carbocycles. The predicted octanol–water partition coefficient (Wildman–Crippen LogP) is 2.77. The molecule has 0 spiro atoms. The number of halogens is 2. The average molecular weight is 270 g/mol. The van der Waals surface area contributed by atoms with Crippen LogP contribution in [0.25, 0.3) is 0 Å². The Labute approximate surface area is 112 Å². The second kappa shape index (κ2) is 6.30. The van der Waals surface area contributed by atoms with Crippen LogP contribution < -0.4 is 10.5 Å². The van der Waals surface area contributed by atoms with Gasteiger partial charge in [0.25, 0.3) is 0 Å². The minimum atomic E-state index is -2.78. The molecule has 0 bridgehead atoms. The van der Waals surface area contributed by atoms with Gasteiger partial charge in [0.1, 0.15) is 5.75 Å². The molecule has 5 heteroatoms. The highest BCUT2D eigenvalue weighted by atomic mass is 19.3. The Morgan fingerprint density at radius 1 is 1.32 bits per heavy atom. The highest BCUT2D eigenvalue weighted by Crippen LogP contribution is 2.34. The molecule has 19 heavy (non-hydrogen) atoms. The molecule has 1 atom stereocenters. The summed E-state index contributed by atoms with van der Waals surface area (Å²) in [7, 11) is 0. The van der Waals surface area contributed by atoms with E-state index < -0.39 is 6.61 Å². The van der Waals surface area contributed by atoms with E-state index in [1.807, 2.05) is 12.1 Å². The van der Waals surface area contributed by atoms with Crippen molar-refractivity contribution in [2.75, 3.05) is 13.1 Å². The summed E-state index contributed by atoms with van der Waals surface area (Å²) in [5.41, 5.74) is 6.93. The molecule has 1 saturated carbocycles. The van der Waals surface area contributed by atoms with E-state index in [-0.39, 0.29) is 11.8 Å². The van der Waals surface area contributed by atoms with Gasteiger partial charge in [-0.1, -0.05) is 19.1 Å². The molecule has 2 N–H and O–H groups in total. The zero-order chi connectivity index (χ0) is 13.8. The summed E-state index contributed by atoms with van der Waals surface area (Å²) in [5, 5.41) is 0. The summed E-state index contributed by atoms with van der Waals surface area (Å²) in [6.45, 7) is 0.811. The van der Waals surface area contributed by atoms with E-state index in [0.29, 0.717) is 12.6 Å². The van der Waals surface area contributed by atoms with Crippen LogP contribution in [0.1, 0.15) is 31.4 Å². The third-order valence-corrected chi connectivity index (χ3v) is 3.49. The lowest BCUT2D eigenvalue weighted by Crippen LogP contribution is -2.35. The van der Waals surface area contributed by atoms with Crippen molar-refractivity contribution in [1.29, 1.82) is 0 Å². The molecule has 0 amide bonds. The maximum Gasteiger partial charge on any atom is 0.387 e. The molecule has 1 unspecified atom stereocenters. The predicted molar refractivity (Wildman–Crippen MR) is 70.3 cm³/mol. The Hall–Kier alpha value is -1.20. The van der Waals surface area contributed by atoms with Gasteiger partial charge in [0, 0.05) is 18.6 Å². The van der Waals surface area contributed by atoms with Gasteiger partial charge in [-0.2, -0.15) is 8.78 Å². The number of benzene rings is 1. The molecule has 2 rings (SSSR count). The maximum absolute atomic E-state index is 12.1. The topological polar surface area (TPSA) is 38.5 Å². The van der Waals surface area contributed by atoms with Crippen LogP contribution in [0.15, 0.2) is 24.3 Å². The lowest BCUT2D eigenvalue weighted by atomic mass is 10.0. The van der Waals surface area contributed by atoms with E-state index in [1.54, 1.807) is 12.1 Å². The van der Waals surface area contributed by atoms with E-state index in [1.165, 1.54) is 12.8 Å². The van der Waals surface area contributed by atoms with Gasteiger partial charge in [0.2, 0.25) is 0 Å². The lowest BCUT2D eigenvalue weighted by Gasteiger charge is -2.30. The van der Waals surface area contributed by atoms with Crippen LogP contribution >= 0.6 is 0 Å². The van der Waals surface area contributed by atoms with Crippen LogP contribution in [-0.4, -0.2) is 30.6 Å². The average Bonchev–Trinajstić information content (AvgIpc) is 3.20. The standard InChI is InChI=1S/C14H20F2N2O/c1-2-18(11-5-6-11)13(9-17)10-3-7-12(8-4-10)19-14(15)16/h3-4,7-8,11,13-14H,2,5-6,9,17H2,1H3. The van der Waals surface area contributed by atoms with Crippen LogP contribution in [0.4, 0.5) is 8.78 Å². The van der Waals surface area contributed by atoms with E-state index in [9.17, 15) is 8.78 Å². The van der Waals surface area contributed by atoms with Crippen molar-refractivity contribution < 1.29 is 13.5 Å². The van der Waals surface area contributed by atoms with Crippen molar-refractivity contribution >= 4 is 0 Å².